The standard InChI is InChI=1S/C25H21ClN6O/c26-21-13-11-20(12-14-21)22-15-23(19-9-5-2-6-10-19)32-25(28-29-30-32)31(22)17-24(33)27-16-18-7-3-1-4-8-18/h1-15,23H,16-17H2,(H,27,33)/t23-/m1/s1. The molecular formula is C25H21ClN6O. The smallest absolute Gasteiger partial charge is 0.251 e. The highest BCUT2D eigenvalue weighted by Gasteiger charge is 2.31. The minimum atomic E-state index is -0.203. The van der Waals surface area contributed by atoms with Gasteiger partial charge in [-0.25, -0.2) is 0 Å². The average molecular weight is 457 g/mol. The number of carbonyl (C=O) groups is 1. The molecule has 0 unspecified atom stereocenters. The molecule has 2 heterocycles. The Labute approximate surface area is 196 Å². The van der Waals surface area contributed by atoms with Crippen LogP contribution in [0.1, 0.15) is 22.7 Å². The van der Waals surface area contributed by atoms with Gasteiger partial charge in [0.05, 0.1) is 5.70 Å². The molecule has 1 aliphatic rings. The number of anilines is 1. The van der Waals surface area contributed by atoms with Crippen molar-refractivity contribution in [3.63, 3.8) is 0 Å². The number of nitrogens with zero attached hydrogens (tertiary/aromatic N) is 5. The number of fused-ring (bicyclic) bond motifs is 1. The Hall–Kier alpha value is -3.97. The zero-order valence-electron chi connectivity index (χ0n) is 17.7. The van der Waals surface area contributed by atoms with Crippen LogP contribution in [-0.4, -0.2) is 32.7 Å². The Morgan fingerprint density at radius 1 is 0.939 bits per heavy atom. The van der Waals surface area contributed by atoms with Crippen LogP contribution in [-0.2, 0) is 11.3 Å². The van der Waals surface area contributed by atoms with Crippen molar-refractivity contribution in [1.82, 2.24) is 25.5 Å². The van der Waals surface area contributed by atoms with E-state index in [1.165, 1.54) is 0 Å². The molecule has 0 radical (unpaired) electrons. The largest absolute Gasteiger partial charge is 0.350 e. The van der Waals surface area contributed by atoms with Gasteiger partial charge >= 0.3 is 0 Å². The number of hydrogen-bond donors (Lipinski definition) is 1. The molecule has 0 bridgehead atoms. The number of rotatable bonds is 6. The number of nitrogens with one attached hydrogen (secondary N) is 1. The molecule has 1 aromatic heterocycles. The van der Waals surface area contributed by atoms with Crippen LogP contribution in [0, 0.1) is 0 Å². The summed E-state index contributed by atoms with van der Waals surface area (Å²) in [4.78, 5) is 14.8. The molecule has 0 saturated carbocycles. The van der Waals surface area contributed by atoms with Crippen LogP contribution < -0.4 is 10.2 Å². The molecule has 0 fully saturated rings. The monoisotopic (exact) mass is 456 g/mol. The Kier molecular flexibility index (Phi) is 5.87. The highest BCUT2D eigenvalue weighted by atomic mass is 35.5. The van der Waals surface area contributed by atoms with Crippen molar-refractivity contribution in [3.8, 4) is 0 Å². The molecule has 5 rings (SSSR count). The maximum absolute atomic E-state index is 12.9. The fourth-order valence-electron chi connectivity index (χ4n) is 3.88. The van der Waals surface area contributed by atoms with Gasteiger partial charge in [-0.05, 0) is 45.3 Å². The Bertz CT molecular complexity index is 1270. The van der Waals surface area contributed by atoms with Gasteiger partial charge in [0, 0.05) is 11.6 Å². The molecule has 33 heavy (non-hydrogen) atoms. The van der Waals surface area contributed by atoms with Crippen LogP contribution in [0.2, 0.25) is 5.02 Å². The second kappa shape index (κ2) is 9.26. The molecule has 0 aliphatic carbocycles. The number of allylic oxidation sites excluding steroid dienone is 1. The van der Waals surface area contributed by atoms with Gasteiger partial charge in [0.2, 0.25) is 5.91 Å². The molecule has 3 aromatic carbocycles. The van der Waals surface area contributed by atoms with E-state index < -0.39 is 0 Å². The van der Waals surface area contributed by atoms with Crippen molar-refractivity contribution >= 4 is 29.2 Å². The third-order valence-electron chi connectivity index (χ3n) is 5.50. The molecule has 1 aliphatic heterocycles. The molecule has 7 nitrogen and oxygen atoms in total. The van der Waals surface area contributed by atoms with E-state index in [-0.39, 0.29) is 18.5 Å². The van der Waals surface area contributed by atoms with Gasteiger partial charge in [-0.1, -0.05) is 89.5 Å². The maximum atomic E-state index is 12.9. The second-order valence-corrected chi connectivity index (χ2v) is 8.12. The molecule has 0 spiro atoms. The third kappa shape index (κ3) is 4.49. The van der Waals surface area contributed by atoms with Gasteiger partial charge in [0.15, 0.2) is 0 Å². The van der Waals surface area contributed by atoms with Crippen LogP contribution in [0.25, 0.3) is 5.70 Å². The van der Waals surface area contributed by atoms with Crippen LogP contribution in [0.3, 0.4) is 0 Å². The summed E-state index contributed by atoms with van der Waals surface area (Å²) >= 11 is 6.13. The van der Waals surface area contributed by atoms with Gasteiger partial charge in [-0.3, -0.25) is 9.69 Å². The quantitative estimate of drug-likeness (QED) is 0.473. The summed E-state index contributed by atoms with van der Waals surface area (Å²) in [6.07, 6.45) is 2.08. The lowest BCUT2D eigenvalue weighted by Gasteiger charge is -2.32. The highest BCUT2D eigenvalue weighted by Crippen LogP contribution is 2.36. The third-order valence-corrected chi connectivity index (χ3v) is 5.75. The van der Waals surface area contributed by atoms with Crippen molar-refractivity contribution in [1.29, 1.82) is 0 Å². The normalized spacial score (nSPS) is 15.0. The lowest BCUT2D eigenvalue weighted by molar-refractivity contribution is -0.119. The van der Waals surface area contributed by atoms with E-state index in [0.717, 1.165) is 22.4 Å². The van der Waals surface area contributed by atoms with Crippen molar-refractivity contribution < 1.29 is 4.79 Å². The summed E-state index contributed by atoms with van der Waals surface area (Å²) in [6.45, 7) is 0.522. The van der Waals surface area contributed by atoms with E-state index >= 15 is 0 Å². The maximum Gasteiger partial charge on any atom is 0.251 e. The van der Waals surface area contributed by atoms with Crippen molar-refractivity contribution in [2.75, 3.05) is 11.4 Å². The number of aromatic nitrogens is 4. The highest BCUT2D eigenvalue weighted by molar-refractivity contribution is 6.30. The molecule has 8 heteroatoms. The van der Waals surface area contributed by atoms with Gasteiger partial charge in [-0.15, -0.1) is 0 Å². The number of amides is 1. The second-order valence-electron chi connectivity index (χ2n) is 7.69. The van der Waals surface area contributed by atoms with E-state index in [1.807, 2.05) is 89.8 Å². The van der Waals surface area contributed by atoms with E-state index in [2.05, 4.69) is 26.9 Å². The first-order valence-corrected chi connectivity index (χ1v) is 11.0. The average Bonchev–Trinajstić information content (AvgIpc) is 3.35. The summed E-state index contributed by atoms with van der Waals surface area (Å²) in [7, 11) is 0. The minimum Gasteiger partial charge on any atom is -0.350 e. The fourth-order valence-corrected chi connectivity index (χ4v) is 4.00. The lowest BCUT2D eigenvalue weighted by Crippen LogP contribution is -2.39. The first kappa shape index (κ1) is 20.9. The first-order valence-electron chi connectivity index (χ1n) is 10.6. The summed E-state index contributed by atoms with van der Waals surface area (Å²) in [5.41, 5.74) is 3.85. The zero-order chi connectivity index (χ0) is 22.6. The molecular weight excluding hydrogens is 436 g/mol. The Balaban J connectivity index is 1.48. The molecule has 1 N–H and O–H groups in total. The van der Waals surface area contributed by atoms with Gasteiger partial charge in [0.25, 0.3) is 5.95 Å². The van der Waals surface area contributed by atoms with Crippen LogP contribution in [0.4, 0.5) is 5.95 Å². The topological polar surface area (TPSA) is 75.9 Å². The molecule has 0 saturated heterocycles. The number of halogens is 1. The van der Waals surface area contributed by atoms with Crippen molar-refractivity contribution in [2.45, 2.75) is 12.6 Å². The lowest BCUT2D eigenvalue weighted by atomic mass is 10.0. The van der Waals surface area contributed by atoms with E-state index in [0.29, 0.717) is 17.5 Å². The van der Waals surface area contributed by atoms with E-state index in [9.17, 15) is 4.79 Å². The van der Waals surface area contributed by atoms with E-state index in [1.54, 1.807) is 4.68 Å². The summed E-state index contributed by atoms with van der Waals surface area (Å²) in [6, 6.07) is 27.2. The summed E-state index contributed by atoms with van der Waals surface area (Å²) in [5.74, 6) is 0.373. The predicted molar refractivity (Wildman–Crippen MR) is 127 cm³/mol. The van der Waals surface area contributed by atoms with Crippen molar-refractivity contribution in [3.05, 3.63) is 113 Å². The van der Waals surface area contributed by atoms with Crippen LogP contribution >= 0.6 is 11.6 Å². The van der Waals surface area contributed by atoms with E-state index in [4.69, 9.17) is 11.6 Å². The summed E-state index contributed by atoms with van der Waals surface area (Å²) in [5, 5.41) is 16.0. The molecule has 1 atom stereocenters. The number of carbonyl (C=O) groups excluding carboxylic acids is 1. The van der Waals surface area contributed by atoms with Crippen LogP contribution in [0.5, 0.6) is 0 Å². The number of benzene rings is 3. The van der Waals surface area contributed by atoms with Crippen molar-refractivity contribution in [2.24, 2.45) is 0 Å². The number of hydrogen-bond acceptors (Lipinski definition) is 5. The first-order chi connectivity index (χ1) is 16.2. The van der Waals surface area contributed by atoms with Gasteiger partial charge < -0.3 is 5.32 Å². The van der Waals surface area contributed by atoms with Gasteiger partial charge in [0.1, 0.15) is 12.6 Å². The minimum absolute atomic E-state index is 0.0726. The zero-order valence-corrected chi connectivity index (χ0v) is 18.4. The molecule has 1 amide bonds. The predicted octanol–water partition coefficient (Wildman–Crippen LogP) is 4.09. The SMILES string of the molecule is O=C(CN1C(c2ccc(Cl)cc2)=C[C@H](c2ccccc2)n2nnnc21)NCc1ccccc1. The summed E-state index contributed by atoms with van der Waals surface area (Å²) < 4.78 is 1.74. The van der Waals surface area contributed by atoms with Gasteiger partial charge in [-0.2, -0.15) is 4.68 Å². The Morgan fingerprint density at radius 3 is 2.36 bits per heavy atom. The number of tetrazole rings is 1. The molecule has 4 aromatic rings. The fraction of sp³-hybridized carbons (Fsp3) is 0.120. The molecule has 164 valence electrons. The Morgan fingerprint density at radius 2 is 1.64 bits per heavy atom. The van der Waals surface area contributed by atoms with Crippen LogP contribution in [0.15, 0.2) is 91.0 Å².